The number of aryl methyl sites for hydroxylation is 1. The van der Waals surface area contributed by atoms with E-state index in [9.17, 15) is 9.46 Å². The van der Waals surface area contributed by atoms with Gasteiger partial charge >= 0.3 is 0 Å². The summed E-state index contributed by atoms with van der Waals surface area (Å²) in [4.78, 5) is 13.1. The van der Waals surface area contributed by atoms with Crippen molar-refractivity contribution in [2.45, 2.75) is 6.42 Å². The van der Waals surface area contributed by atoms with Crippen LogP contribution in [-0.4, -0.2) is 31.4 Å². The molecule has 0 aliphatic carbocycles. The molecule has 4 nitrogen and oxygen atoms in total. The maximum atomic E-state index is 11.5. The first-order valence-electron chi connectivity index (χ1n) is 4.46. The van der Waals surface area contributed by atoms with Gasteiger partial charge in [-0.25, -0.2) is 0 Å². The third kappa shape index (κ3) is 4.09. The molecule has 14 heavy (non-hydrogen) atoms. The Kier molecular flexibility index (Phi) is 3.93. The second-order valence-electron chi connectivity index (χ2n) is 3.59. The highest BCUT2D eigenvalue weighted by Crippen LogP contribution is 2.35. The minimum absolute atomic E-state index is 0.119. The summed E-state index contributed by atoms with van der Waals surface area (Å²) >= 11 is 0. The molecule has 0 spiro atoms. The molecule has 1 heterocycles. The van der Waals surface area contributed by atoms with Crippen molar-refractivity contribution in [1.29, 1.82) is 0 Å². The van der Waals surface area contributed by atoms with Gasteiger partial charge in [-0.15, -0.1) is 0 Å². The first-order valence-corrected chi connectivity index (χ1v) is 6.45. The summed E-state index contributed by atoms with van der Waals surface area (Å²) in [6.45, 7) is 0. The fourth-order valence-corrected chi connectivity index (χ4v) is 2.80. The maximum absolute atomic E-state index is 11.5. The largest absolute Gasteiger partial charge is 0.798 e. The Hall–Kier alpha value is -0.570. The van der Waals surface area contributed by atoms with Crippen LogP contribution in [0, 0.1) is 0 Å². The van der Waals surface area contributed by atoms with Crippen molar-refractivity contribution in [3.8, 4) is 0 Å². The third-order valence-corrected chi connectivity index (χ3v) is 3.68. The first-order chi connectivity index (χ1) is 6.49. The van der Waals surface area contributed by atoms with Crippen LogP contribution in [0.4, 0.5) is 0 Å². The lowest BCUT2D eigenvalue weighted by Crippen LogP contribution is -2.21. The molecule has 0 saturated carbocycles. The Morgan fingerprint density at radius 2 is 2.29 bits per heavy atom. The van der Waals surface area contributed by atoms with E-state index in [1.807, 2.05) is 0 Å². The van der Waals surface area contributed by atoms with Crippen LogP contribution in [0.2, 0.25) is 0 Å². The summed E-state index contributed by atoms with van der Waals surface area (Å²) in [6.07, 6.45) is 2.30. The van der Waals surface area contributed by atoms with Crippen LogP contribution in [0.1, 0.15) is 5.76 Å². The predicted molar refractivity (Wildman–Crippen MR) is 53.4 cm³/mol. The molecule has 0 aromatic carbocycles. The van der Waals surface area contributed by atoms with E-state index >= 15 is 0 Å². The van der Waals surface area contributed by atoms with Gasteiger partial charge in [0.15, 0.2) is 0 Å². The Morgan fingerprint density at radius 1 is 1.57 bits per heavy atom. The SMILES string of the molecule is CN(C)CP(=O)([O-])CCc1ccco1. The van der Waals surface area contributed by atoms with Crippen LogP contribution in [0.3, 0.4) is 0 Å². The van der Waals surface area contributed by atoms with Crippen LogP contribution in [0.5, 0.6) is 0 Å². The van der Waals surface area contributed by atoms with E-state index in [4.69, 9.17) is 4.42 Å². The zero-order chi connectivity index (χ0) is 10.6. The molecule has 0 bridgehead atoms. The summed E-state index contributed by atoms with van der Waals surface area (Å²) in [7, 11) is 0.221. The summed E-state index contributed by atoms with van der Waals surface area (Å²) in [5.41, 5.74) is 0. The molecule has 1 atom stereocenters. The molecule has 80 valence electrons. The highest BCUT2D eigenvalue weighted by molar-refractivity contribution is 7.56. The van der Waals surface area contributed by atoms with E-state index in [0.29, 0.717) is 6.42 Å². The highest BCUT2D eigenvalue weighted by Gasteiger charge is 2.10. The lowest BCUT2D eigenvalue weighted by molar-refractivity contribution is -0.176. The molecule has 1 aromatic heterocycles. The van der Waals surface area contributed by atoms with Gasteiger partial charge in [-0.1, -0.05) is 0 Å². The lowest BCUT2D eigenvalue weighted by atomic mass is 10.4. The molecular formula is C9H15NO3P-. The van der Waals surface area contributed by atoms with Crippen molar-refractivity contribution in [2.75, 3.05) is 26.5 Å². The van der Waals surface area contributed by atoms with Gasteiger partial charge < -0.3 is 18.8 Å². The lowest BCUT2D eigenvalue weighted by Gasteiger charge is -2.26. The molecule has 0 aliphatic rings. The fraction of sp³-hybridized carbons (Fsp3) is 0.556. The molecule has 1 rings (SSSR count). The Balaban J connectivity index is 2.40. The molecular weight excluding hydrogens is 201 g/mol. The van der Waals surface area contributed by atoms with Crippen LogP contribution in [0.15, 0.2) is 22.8 Å². The zero-order valence-electron chi connectivity index (χ0n) is 8.47. The van der Waals surface area contributed by atoms with E-state index in [0.717, 1.165) is 5.76 Å². The normalized spacial score (nSPS) is 15.7. The van der Waals surface area contributed by atoms with Gasteiger partial charge in [0, 0.05) is 20.1 Å². The molecule has 0 amide bonds. The molecule has 5 heteroatoms. The summed E-state index contributed by atoms with van der Waals surface area (Å²) < 4.78 is 16.5. The van der Waals surface area contributed by atoms with Crippen molar-refractivity contribution in [3.05, 3.63) is 24.2 Å². The number of hydrogen-bond donors (Lipinski definition) is 0. The van der Waals surface area contributed by atoms with Gasteiger partial charge in [-0.05, 0) is 32.4 Å². The van der Waals surface area contributed by atoms with Crippen molar-refractivity contribution in [3.63, 3.8) is 0 Å². The van der Waals surface area contributed by atoms with Crippen LogP contribution in [0.25, 0.3) is 0 Å². The Morgan fingerprint density at radius 3 is 2.79 bits per heavy atom. The van der Waals surface area contributed by atoms with Gasteiger partial charge in [0.2, 0.25) is 0 Å². The van der Waals surface area contributed by atoms with Gasteiger partial charge in [0.1, 0.15) is 5.76 Å². The van der Waals surface area contributed by atoms with Crippen LogP contribution < -0.4 is 4.89 Å². The maximum Gasteiger partial charge on any atom is 0.104 e. The fourth-order valence-electron chi connectivity index (χ4n) is 1.24. The van der Waals surface area contributed by atoms with Gasteiger partial charge in [0.05, 0.1) is 6.26 Å². The van der Waals surface area contributed by atoms with Gasteiger partial charge in [0.25, 0.3) is 0 Å². The summed E-state index contributed by atoms with van der Waals surface area (Å²) in [6, 6.07) is 3.55. The molecule has 1 aromatic rings. The topological polar surface area (TPSA) is 56.5 Å². The number of furan rings is 1. The van der Waals surface area contributed by atoms with E-state index in [1.165, 1.54) is 0 Å². The second kappa shape index (κ2) is 4.78. The molecule has 0 radical (unpaired) electrons. The highest BCUT2D eigenvalue weighted by atomic mass is 31.2. The number of rotatable bonds is 5. The molecule has 0 N–H and O–H groups in total. The monoisotopic (exact) mass is 216 g/mol. The van der Waals surface area contributed by atoms with Crippen LogP contribution >= 0.6 is 7.37 Å². The average molecular weight is 216 g/mol. The van der Waals surface area contributed by atoms with Crippen molar-refractivity contribution < 1.29 is 13.9 Å². The first kappa shape index (κ1) is 11.5. The van der Waals surface area contributed by atoms with Crippen molar-refractivity contribution in [1.82, 2.24) is 4.90 Å². The van der Waals surface area contributed by atoms with Gasteiger partial charge in [-0.2, -0.15) is 0 Å². The summed E-state index contributed by atoms with van der Waals surface area (Å²) in [5.74, 6) is 0.722. The smallest absolute Gasteiger partial charge is 0.104 e. The van der Waals surface area contributed by atoms with Crippen molar-refractivity contribution in [2.24, 2.45) is 0 Å². The molecule has 0 fully saturated rings. The molecule has 0 saturated heterocycles. The number of hydrogen-bond acceptors (Lipinski definition) is 4. The zero-order valence-corrected chi connectivity index (χ0v) is 9.37. The second-order valence-corrected chi connectivity index (χ2v) is 5.95. The van der Waals surface area contributed by atoms with E-state index in [-0.39, 0.29) is 12.4 Å². The van der Waals surface area contributed by atoms with E-state index < -0.39 is 7.37 Å². The minimum Gasteiger partial charge on any atom is -0.798 e. The summed E-state index contributed by atoms with van der Waals surface area (Å²) in [5, 5.41) is 0. The Labute approximate surface area is 84.0 Å². The van der Waals surface area contributed by atoms with Crippen LogP contribution in [-0.2, 0) is 11.0 Å². The molecule has 0 aliphatic heterocycles. The van der Waals surface area contributed by atoms with E-state index in [2.05, 4.69) is 0 Å². The quantitative estimate of drug-likeness (QED) is 0.688. The minimum atomic E-state index is -3.27. The molecule has 1 unspecified atom stereocenters. The standard InChI is InChI=1S/C9H16NO3P/c1-10(2)8-14(11,12)7-5-9-4-3-6-13-9/h3-4,6H,5,7-8H2,1-2H3,(H,11,12)/p-1. The van der Waals surface area contributed by atoms with Crippen molar-refractivity contribution >= 4 is 7.37 Å². The third-order valence-electron chi connectivity index (χ3n) is 1.78. The predicted octanol–water partition coefficient (Wildman–Crippen LogP) is 0.980. The van der Waals surface area contributed by atoms with E-state index in [1.54, 1.807) is 37.4 Å². The number of nitrogens with zero attached hydrogens (tertiary/aromatic N) is 1. The average Bonchev–Trinajstić information content (AvgIpc) is 2.50. The van der Waals surface area contributed by atoms with Gasteiger partial charge in [-0.3, -0.25) is 0 Å². The Bertz CT molecular complexity index is 308.